The number of nitrogens with two attached hydrogens (primary N) is 1. The summed E-state index contributed by atoms with van der Waals surface area (Å²) in [5.41, 5.74) is 6.44. The van der Waals surface area contributed by atoms with Crippen LogP contribution in [-0.2, 0) is 0 Å². The van der Waals surface area contributed by atoms with Gasteiger partial charge in [-0.05, 0) is 32.9 Å². The fraction of sp³-hybridized carbons (Fsp3) is 0.714. The van der Waals surface area contributed by atoms with E-state index in [1.165, 1.54) is 11.3 Å². The molecule has 5 nitrogen and oxygen atoms in total. The highest BCUT2D eigenvalue weighted by molar-refractivity contribution is 7.17. The second-order valence-corrected chi connectivity index (χ2v) is 7.15. The first kappa shape index (κ1) is 15.3. The van der Waals surface area contributed by atoms with Gasteiger partial charge in [0, 0.05) is 19.1 Å². The van der Waals surface area contributed by atoms with Gasteiger partial charge in [-0.25, -0.2) is 4.98 Å². The van der Waals surface area contributed by atoms with Gasteiger partial charge < -0.3 is 15.5 Å². The van der Waals surface area contributed by atoms with E-state index in [0.29, 0.717) is 27.9 Å². The Kier molecular flexibility index (Phi) is 4.34. The van der Waals surface area contributed by atoms with Crippen LogP contribution in [0.15, 0.2) is 0 Å². The molecule has 6 heteroatoms. The number of nitrogen functional groups attached to an aromatic ring is 1. The molecular weight excluding hydrogens is 272 g/mol. The highest BCUT2D eigenvalue weighted by atomic mass is 32.1. The SMILES string of the molecule is Cc1nc(N)sc1C(=O)N1C[C@@H](N(C)C)[C@H](C(C)C)C1. The van der Waals surface area contributed by atoms with Gasteiger partial charge in [0.2, 0.25) is 0 Å². The average molecular weight is 296 g/mol. The number of carbonyl (C=O) groups excluding carboxylic acids is 1. The number of hydrogen-bond acceptors (Lipinski definition) is 5. The van der Waals surface area contributed by atoms with E-state index < -0.39 is 0 Å². The summed E-state index contributed by atoms with van der Waals surface area (Å²) in [6, 6.07) is 0.421. The number of anilines is 1. The van der Waals surface area contributed by atoms with Crippen molar-refractivity contribution in [3.05, 3.63) is 10.6 Å². The Morgan fingerprint density at radius 1 is 1.45 bits per heavy atom. The topological polar surface area (TPSA) is 62.5 Å². The molecule has 2 N–H and O–H groups in total. The third-order valence-electron chi connectivity index (χ3n) is 4.15. The zero-order chi connectivity index (χ0) is 15.0. The van der Waals surface area contributed by atoms with Gasteiger partial charge in [0.05, 0.1) is 5.69 Å². The van der Waals surface area contributed by atoms with Gasteiger partial charge in [0.25, 0.3) is 5.91 Å². The van der Waals surface area contributed by atoms with Crippen molar-refractivity contribution < 1.29 is 4.79 Å². The average Bonchev–Trinajstić information content (AvgIpc) is 2.92. The highest BCUT2D eigenvalue weighted by Gasteiger charge is 2.38. The zero-order valence-corrected chi connectivity index (χ0v) is 13.7. The predicted molar refractivity (Wildman–Crippen MR) is 83.0 cm³/mol. The van der Waals surface area contributed by atoms with Crippen LogP contribution in [0.5, 0.6) is 0 Å². The summed E-state index contributed by atoms with van der Waals surface area (Å²) in [4.78, 5) is 21.7. The lowest BCUT2D eigenvalue weighted by molar-refractivity contribution is 0.0783. The Balaban J connectivity index is 2.18. The van der Waals surface area contributed by atoms with E-state index in [9.17, 15) is 4.79 Å². The van der Waals surface area contributed by atoms with E-state index >= 15 is 0 Å². The quantitative estimate of drug-likeness (QED) is 0.922. The molecule has 0 bridgehead atoms. The molecule has 2 heterocycles. The molecule has 112 valence electrons. The normalized spacial score (nSPS) is 23.1. The third-order valence-corrected chi connectivity index (χ3v) is 5.12. The van der Waals surface area contributed by atoms with Crippen LogP contribution in [0.2, 0.25) is 0 Å². The maximum atomic E-state index is 12.6. The van der Waals surface area contributed by atoms with Crippen molar-refractivity contribution in [2.75, 3.05) is 32.9 Å². The van der Waals surface area contributed by atoms with Crippen molar-refractivity contribution in [2.24, 2.45) is 11.8 Å². The summed E-state index contributed by atoms with van der Waals surface area (Å²) in [6.45, 7) is 7.90. The molecule has 1 aliphatic heterocycles. The van der Waals surface area contributed by atoms with Gasteiger partial charge in [-0.15, -0.1) is 0 Å². The molecule has 1 saturated heterocycles. The van der Waals surface area contributed by atoms with Gasteiger partial charge in [0.1, 0.15) is 4.88 Å². The first-order valence-corrected chi connectivity index (χ1v) is 7.81. The fourth-order valence-corrected chi connectivity index (χ4v) is 3.74. The summed E-state index contributed by atoms with van der Waals surface area (Å²) in [5, 5.41) is 0.467. The predicted octanol–water partition coefficient (Wildman–Crippen LogP) is 1.69. The molecule has 0 radical (unpaired) electrons. The van der Waals surface area contributed by atoms with Crippen molar-refractivity contribution in [1.29, 1.82) is 0 Å². The van der Waals surface area contributed by atoms with Crippen molar-refractivity contribution in [3.8, 4) is 0 Å². The minimum atomic E-state index is 0.0756. The van der Waals surface area contributed by atoms with E-state index in [1.54, 1.807) is 0 Å². The van der Waals surface area contributed by atoms with E-state index in [2.05, 4.69) is 37.8 Å². The summed E-state index contributed by atoms with van der Waals surface area (Å²) in [5.74, 6) is 1.15. The van der Waals surface area contributed by atoms with Crippen LogP contribution < -0.4 is 5.73 Å². The van der Waals surface area contributed by atoms with Crippen LogP contribution in [0.25, 0.3) is 0 Å². The number of aromatic nitrogens is 1. The number of rotatable bonds is 3. The largest absolute Gasteiger partial charge is 0.375 e. The van der Waals surface area contributed by atoms with Crippen LogP contribution in [0.3, 0.4) is 0 Å². The Bertz CT molecular complexity index is 481. The fourth-order valence-electron chi connectivity index (χ4n) is 2.94. The third kappa shape index (κ3) is 2.81. The first-order chi connectivity index (χ1) is 9.31. The standard InChI is InChI=1S/C14H24N4OS/c1-8(2)10-6-18(7-11(10)17(4)5)13(19)12-9(3)16-14(15)20-12/h8,10-11H,6-7H2,1-5H3,(H2,15,16)/t10-,11+/m0/s1. The maximum absolute atomic E-state index is 12.6. The second kappa shape index (κ2) is 5.69. The number of carbonyl (C=O) groups is 1. The number of likely N-dealkylation sites (tertiary alicyclic amines) is 1. The molecule has 0 aliphatic carbocycles. The van der Waals surface area contributed by atoms with E-state index in [4.69, 9.17) is 5.73 Å². The minimum absolute atomic E-state index is 0.0756. The summed E-state index contributed by atoms with van der Waals surface area (Å²) < 4.78 is 0. The molecule has 1 aliphatic rings. The van der Waals surface area contributed by atoms with Gasteiger partial charge in [0.15, 0.2) is 5.13 Å². The van der Waals surface area contributed by atoms with Crippen molar-refractivity contribution >= 4 is 22.4 Å². The van der Waals surface area contributed by atoms with Crippen LogP contribution in [0.1, 0.15) is 29.2 Å². The molecule has 20 heavy (non-hydrogen) atoms. The van der Waals surface area contributed by atoms with Gasteiger partial charge >= 0.3 is 0 Å². The number of likely N-dealkylation sites (N-methyl/N-ethyl adjacent to an activating group) is 1. The second-order valence-electron chi connectivity index (χ2n) is 6.12. The van der Waals surface area contributed by atoms with Gasteiger partial charge in [-0.3, -0.25) is 4.79 Å². The van der Waals surface area contributed by atoms with Crippen LogP contribution in [0, 0.1) is 18.8 Å². The molecular formula is C14H24N4OS. The Morgan fingerprint density at radius 2 is 2.10 bits per heavy atom. The maximum Gasteiger partial charge on any atom is 0.265 e. The molecule has 1 aromatic rings. The lowest BCUT2D eigenvalue weighted by Gasteiger charge is -2.27. The van der Waals surface area contributed by atoms with Crippen molar-refractivity contribution in [1.82, 2.24) is 14.8 Å². The Hall–Kier alpha value is -1.14. The lowest BCUT2D eigenvalue weighted by Crippen LogP contribution is -2.37. The van der Waals surface area contributed by atoms with Crippen molar-refractivity contribution in [2.45, 2.75) is 26.8 Å². The summed E-state index contributed by atoms with van der Waals surface area (Å²) >= 11 is 1.29. The highest BCUT2D eigenvalue weighted by Crippen LogP contribution is 2.30. The van der Waals surface area contributed by atoms with Crippen LogP contribution in [-0.4, -0.2) is 53.9 Å². The number of nitrogens with zero attached hydrogens (tertiary/aromatic N) is 3. The molecule has 0 spiro atoms. The minimum Gasteiger partial charge on any atom is -0.375 e. The van der Waals surface area contributed by atoms with Gasteiger partial charge in [-0.2, -0.15) is 0 Å². The molecule has 2 atom stereocenters. The van der Waals surface area contributed by atoms with E-state index in [-0.39, 0.29) is 5.91 Å². The Labute approximate surface area is 124 Å². The lowest BCUT2D eigenvalue weighted by atomic mass is 9.91. The van der Waals surface area contributed by atoms with Gasteiger partial charge in [-0.1, -0.05) is 25.2 Å². The number of amides is 1. The van der Waals surface area contributed by atoms with Crippen LogP contribution >= 0.6 is 11.3 Å². The number of aryl methyl sites for hydroxylation is 1. The molecule has 0 unspecified atom stereocenters. The molecule has 0 saturated carbocycles. The van der Waals surface area contributed by atoms with Crippen LogP contribution in [0.4, 0.5) is 5.13 Å². The first-order valence-electron chi connectivity index (χ1n) is 6.99. The molecule has 2 rings (SSSR count). The van der Waals surface area contributed by atoms with E-state index in [0.717, 1.165) is 18.8 Å². The number of thiazole rings is 1. The zero-order valence-electron chi connectivity index (χ0n) is 12.9. The molecule has 0 aromatic carbocycles. The van der Waals surface area contributed by atoms with E-state index in [1.807, 2.05) is 11.8 Å². The van der Waals surface area contributed by atoms with Crippen molar-refractivity contribution in [3.63, 3.8) is 0 Å². The summed E-state index contributed by atoms with van der Waals surface area (Å²) in [6.07, 6.45) is 0. The smallest absolute Gasteiger partial charge is 0.265 e. The molecule has 1 fully saturated rings. The Morgan fingerprint density at radius 3 is 2.50 bits per heavy atom. The molecule has 1 aromatic heterocycles. The number of hydrogen-bond donors (Lipinski definition) is 1. The molecule has 1 amide bonds. The monoisotopic (exact) mass is 296 g/mol. The summed E-state index contributed by atoms with van der Waals surface area (Å²) in [7, 11) is 4.17.